The monoisotopic (exact) mass is 537 g/mol. The van der Waals surface area contributed by atoms with Gasteiger partial charge < -0.3 is 5.32 Å². The Morgan fingerprint density at radius 3 is 2.47 bits per heavy atom. The molecule has 2 aromatic rings. The van der Waals surface area contributed by atoms with Crippen LogP contribution in [0.15, 0.2) is 47.4 Å². The van der Waals surface area contributed by atoms with Gasteiger partial charge >= 0.3 is 0 Å². The molecule has 7 nitrogen and oxygen atoms in total. The van der Waals surface area contributed by atoms with Crippen molar-refractivity contribution in [3.63, 3.8) is 0 Å². The largest absolute Gasteiger partial charge is 0.349 e. The van der Waals surface area contributed by atoms with Crippen LogP contribution in [0.2, 0.25) is 0 Å². The van der Waals surface area contributed by atoms with E-state index in [-0.39, 0.29) is 35.6 Å². The third kappa shape index (κ3) is 6.03. The average molecular weight is 538 g/mol. The summed E-state index contributed by atoms with van der Waals surface area (Å²) < 4.78 is 28.0. The second-order valence-electron chi connectivity index (χ2n) is 11.1. The number of rotatable bonds is 7. The van der Waals surface area contributed by atoms with Gasteiger partial charge in [0.25, 0.3) is 0 Å². The lowest BCUT2D eigenvalue weighted by Gasteiger charge is -2.34. The number of Topliss-reactive ketones (excluding diaryl/α,β-unsaturated/α-hetero) is 1. The van der Waals surface area contributed by atoms with Crippen LogP contribution in [0.5, 0.6) is 0 Å². The molecule has 0 bridgehead atoms. The van der Waals surface area contributed by atoms with Gasteiger partial charge in [0.05, 0.1) is 23.4 Å². The fraction of sp³-hybridized carbons (Fsp3) is 0.533. The Morgan fingerprint density at radius 2 is 1.71 bits per heavy atom. The molecule has 2 aliphatic heterocycles. The minimum absolute atomic E-state index is 0.115. The number of piperidine rings is 2. The first-order chi connectivity index (χ1) is 18.3. The number of carbonyl (C=O) groups is 2. The van der Waals surface area contributed by atoms with Crippen LogP contribution in [0.4, 0.5) is 0 Å². The number of nitrogens with zero attached hydrogens (tertiary/aromatic N) is 2. The van der Waals surface area contributed by atoms with Gasteiger partial charge in [-0.05, 0) is 87.4 Å². The second kappa shape index (κ2) is 11.7. The topological polar surface area (TPSA) is 86.8 Å². The Morgan fingerprint density at radius 1 is 0.947 bits per heavy atom. The SMILES string of the molecule is Cc1ccc(S(=O)(=O)N2CCCC(=O)C2CC(=O)N[C@@H]2CCCc3cc(CN4CCCCC4)ccc32)cc1. The van der Waals surface area contributed by atoms with Gasteiger partial charge in [-0.25, -0.2) is 8.42 Å². The number of sulfonamides is 1. The van der Waals surface area contributed by atoms with Crippen molar-refractivity contribution >= 4 is 21.7 Å². The van der Waals surface area contributed by atoms with E-state index in [1.54, 1.807) is 24.3 Å². The Balaban J connectivity index is 1.27. The van der Waals surface area contributed by atoms with E-state index in [9.17, 15) is 18.0 Å². The van der Waals surface area contributed by atoms with Crippen molar-refractivity contribution in [3.05, 3.63) is 64.7 Å². The molecule has 0 spiro atoms. The van der Waals surface area contributed by atoms with Gasteiger partial charge in [-0.15, -0.1) is 0 Å². The van der Waals surface area contributed by atoms with Crippen LogP contribution in [0, 0.1) is 6.92 Å². The first-order valence-corrected chi connectivity index (χ1v) is 15.5. The number of carbonyl (C=O) groups excluding carboxylic acids is 2. The summed E-state index contributed by atoms with van der Waals surface area (Å²) in [6, 6.07) is 12.2. The second-order valence-corrected chi connectivity index (χ2v) is 13.0. The summed E-state index contributed by atoms with van der Waals surface area (Å²) in [5.41, 5.74) is 4.71. The normalized spacial score (nSPS) is 23.1. The zero-order valence-electron chi connectivity index (χ0n) is 22.3. The molecule has 2 saturated heterocycles. The maximum Gasteiger partial charge on any atom is 0.243 e. The van der Waals surface area contributed by atoms with Gasteiger partial charge in [0, 0.05) is 19.5 Å². The number of aryl methyl sites for hydroxylation is 2. The van der Waals surface area contributed by atoms with Crippen LogP contribution in [-0.4, -0.2) is 55.0 Å². The summed E-state index contributed by atoms with van der Waals surface area (Å²) >= 11 is 0. The molecule has 38 heavy (non-hydrogen) atoms. The summed E-state index contributed by atoms with van der Waals surface area (Å²) in [5, 5.41) is 3.14. The van der Waals surface area contributed by atoms with Gasteiger partial charge in [0.1, 0.15) is 0 Å². The number of nitrogens with one attached hydrogen (secondary N) is 1. The van der Waals surface area contributed by atoms with E-state index in [0.29, 0.717) is 12.8 Å². The fourth-order valence-electron chi connectivity index (χ4n) is 6.16. The number of hydrogen-bond donors (Lipinski definition) is 1. The molecular weight excluding hydrogens is 498 g/mol. The number of hydrogen-bond acceptors (Lipinski definition) is 5. The quantitative estimate of drug-likeness (QED) is 0.570. The van der Waals surface area contributed by atoms with Crippen molar-refractivity contribution in [3.8, 4) is 0 Å². The molecule has 1 aliphatic carbocycles. The Kier molecular flexibility index (Phi) is 8.31. The number of ketones is 1. The number of likely N-dealkylation sites (tertiary alicyclic amines) is 1. The van der Waals surface area contributed by atoms with E-state index < -0.39 is 16.1 Å². The standard InChI is InChI=1S/C30H39N3O4S/c1-22-10-13-25(14-11-22)38(36,37)33-18-6-9-29(34)28(33)20-30(35)31-27-8-5-7-24-19-23(12-15-26(24)27)21-32-16-3-2-4-17-32/h10-15,19,27-28H,2-9,16-18,20-21H2,1H3,(H,31,35)/t27-,28?/m1/s1. The molecule has 8 heteroatoms. The van der Waals surface area contributed by atoms with Crippen LogP contribution in [0.25, 0.3) is 0 Å². The molecule has 204 valence electrons. The van der Waals surface area contributed by atoms with E-state index in [2.05, 4.69) is 28.4 Å². The summed E-state index contributed by atoms with van der Waals surface area (Å²) in [6.45, 7) is 5.43. The van der Waals surface area contributed by atoms with Gasteiger partial charge in [0.2, 0.25) is 15.9 Å². The molecule has 1 unspecified atom stereocenters. The molecule has 0 aromatic heterocycles. The van der Waals surface area contributed by atoms with Crippen molar-refractivity contribution in [2.45, 2.75) is 88.2 Å². The highest BCUT2D eigenvalue weighted by molar-refractivity contribution is 7.89. The minimum Gasteiger partial charge on any atom is -0.349 e. The van der Waals surface area contributed by atoms with Crippen molar-refractivity contribution in [1.82, 2.24) is 14.5 Å². The van der Waals surface area contributed by atoms with Crippen molar-refractivity contribution < 1.29 is 18.0 Å². The van der Waals surface area contributed by atoms with Crippen LogP contribution in [-0.2, 0) is 32.6 Å². The third-order valence-corrected chi connectivity index (χ3v) is 10.2. The van der Waals surface area contributed by atoms with E-state index >= 15 is 0 Å². The Bertz CT molecular complexity index is 1270. The highest BCUT2D eigenvalue weighted by Crippen LogP contribution is 2.32. The van der Waals surface area contributed by atoms with Crippen LogP contribution >= 0.6 is 0 Å². The van der Waals surface area contributed by atoms with E-state index in [4.69, 9.17) is 0 Å². The van der Waals surface area contributed by atoms with Crippen molar-refractivity contribution in [2.24, 2.45) is 0 Å². The molecular formula is C30H39N3O4S. The van der Waals surface area contributed by atoms with Gasteiger partial charge in [-0.2, -0.15) is 4.31 Å². The number of benzene rings is 2. The third-order valence-electron chi connectivity index (χ3n) is 8.24. The fourth-order valence-corrected chi connectivity index (χ4v) is 7.81. The average Bonchev–Trinajstić information content (AvgIpc) is 2.90. The predicted octanol–water partition coefficient (Wildman–Crippen LogP) is 4.29. The van der Waals surface area contributed by atoms with Crippen LogP contribution in [0.1, 0.15) is 79.7 Å². The van der Waals surface area contributed by atoms with E-state index in [0.717, 1.165) is 50.0 Å². The Hall–Kier alpha value is -2.55. The lowest BCUT2D eigenvalue weighted by atomic mass is 9.86. The van der Waals surface area contributed by atoms with Crippen molar-refractivity contribution in [2.75, 3.05) is 19.6 Å². The minimum atomic E-state index is -3.88. The maximum atomic E-state index is 13.4. The van der Waals surface area contributed by atoms with Crippen LogP contribution in [0.3, 0.4) is 0 Å². The lowest BCUT2D eigenvalue weighted by molar-refractivity contribution is -0.130. The first kappa shape index (κ1) is 27.0. The molecule has 0 radical (unpaired) electrons. The summed E-state index contributed by atoms with van der Waals surface area (Å²) in [6.07, 6.45) is 7.31. The molecule has 1 amide bonds. The Labute approximate surface area is 226 Å². The molecule has 3 aliphatic rings. The molecule has 2 heterocycles. The van der Waals surface area contributed by atoms with Crippen molar-refractivity contribution in [1.29, 1.82) is 0 Å². The zero-order chi connectivity index (χ0) is 26.7. The first-order valence-electron chi connectivity index (χ1n) is 14.1. The molecule has 0 saturated carbocycles. The summed E-state index contributed by atoms with van der Waals surface area (Å²) in [4.78, 5) is 28.8. The molecule has 1 N–H and O–H groups in total. The van der Waals surface area contributed by atoms with E-state index in [1.165, 1.54) is 34.7 Å². The highest BCUT2D eigenvalue weighted by Gasteiger charge is 2.39. The molecule has 2 aromatic carbocycles. The molecule has 2 atom stereocenters. The lowest BCUT2D eigenvalue weighted by Crippen LogP contribution is -2.51. The number of amides is 1. The van der Waals surface area contributed by atoms with Gasteiger partial charge in [-0.3, -0.25) is 14.5 Å². The zero-order valence-corrected chi connectivity index (χ0v) is 23.1. The smallest absolute Gasteiger partial charge is 0.243 e. The van der Waals surface area contributed by atoms with Gasteiger partial charge in [0.15, 0.2) is 5.78 Å². The number of fused-ring (bicyclic) bond motifs is 1. The summed E-state index contributed by atoms with van der Waals surface area (Å²) in [7, 11) is -3.88. The summed E-state index contributed by atoms with van der Waals surface area (Å²) in [5.74, 6) is -0.460. The maximum absolute atomic E-state index is 13.4. The molecule has 2 fully saturated rings. The highest BCUT2D eigenvalue weighted by atomic mass is 32.2. The predicted molar refractivity (Wildman–Crippen MR) is 147 cm³/mol. The molecule has 5 rings (SSSR count). The van der Waals surface area contributed by atoms with Gasteiger partial charge in [-0.1, -0.05) is 42.3 Å². The van der Waals surface area contributed by atoms with Crippen LogP contribution < -0.4 is 5.32 Å². The van der Waals surface area contributed by atoms with E-state index in [1.807, 2.05) is 6.92 Å².